The monoisotopic (exact) mass is 216 g/mol. The lowest BCUT2D eigenvalue weighted by atomic mass is 10.4. The van der Waals surface area contributed by atoms with Crippen LogP contribution in [0.1, 0.15) is 12.7 Å². The quantitative estimate of drug-likeness (QED) is 0.721. The highest BCUT2D eigenvalue weighted by molar-refractivity contribution is 7.71. The Morgan fingerprint density at radius 3 is 3.07 bits per heavy atom. The number of aromatic nitrogens is 3. The van der Waals surface area contributed by atoms with Gasteiger partial charge in [0.1, 0.15) is 12.4 Å². The van der Waals surface area contributed by atoms with Gasteiger partial charge in [-0.2, -0.15) is 5.10 Å². The zero-order chi connectivity index (χ0) is 10.6. The van der Waals surface area contributed by atoms with Crippen molar-refractivity contribution in [3.8, 4) is 0 Å². The van der Waals surface area contributed by atoms with Crippen molar-refractivity contribution in [2.45, 2.75) is 19.9 Å². The number of amides is 1. The smallest absolute Gasteiger partial charge is 0.404 e. The van der Waals surface area contributed by atoms with Crippen LogP contribution in [-0.4, -0.2) is 27.5 Å². The molecule has 7 heteroatoms. The zero-order valence-electron chi connectivity index (χ0n) is 7.82. The Labute approximate surface area is 86.1 Å². The molecule has 6 nitrogen and oxygen atoms in total. The fourth-order valence-electron chi connectivity index (χ4n) is 1.09. The summed E-state index contributed by atoms with van der Waals surface area (Å²) in [6, 6.07) is 0. The van der Waals surface area contributed by atoms with Gasteiger partial charge >= 0.3 is 6.09 Å². The van der Waals surface area contributed by atoms with E-state index in [-0.39, 0.29) is 6.61 Å². The van der Waals surface area contributed by atoms with E-state index >= 15 is 0 Å². The average molecular weight is 216 g/mol. The molecule has 14 heavy (non-hydrogen) atoms. The minimum Gasteiger partial charge on any atom is -0.448 e. The molecule has 1 heterocycles. The maximum absolute atomic E-state index is 10.3. The molecule has 0 radical (unpaired) electrons. The molecule has 0 atom stereocenters. The minimum absolute atomic E-state index is 0.205. The highest BCUT2D eigenvalue weighted by Crippen LogP contribution is 1.98. The van der Waals surface area contributed by atoms with Crippen molar-refractivity contribution in [3.05, 3.63) is 10.6 Å². The second kappa shape index (κ2) is 4.75. The molecule has 0 bridgehead atoms. The van der Waals surface area contributed by atoms with E-state index in [1.807, 2.05) is 6.92 Å². The van der Waals surface area contributed by atoms with Crippen LogP contribution in [0.4, 0.5) is 4.79 Å². The van der Waals surface area contributed by atoms with Gasteiger partial charge < -0.3 is 15.0 Å². The van der Waals surface area contributed by atoms with E-state index in [0.29, 0.717) is 11.3 Å². The van der Waals surface area contributed by atoms with Gasteiger partial charge in [-0.05, 0) is 12.2 Å². The Morgan fingerprint density at radius 1 is 1.79 bits per heavy atom. The van der Waals surface area contributed by atoms with Gasteiger partial charge in [0, 0.05) is 6.42 Å². The maximum Gasteiger partial charge on any atom is 0.404 e. The Hall–Kier alpha value is -1.37. The second-order valence-electron chi connectivity index (χ2n) is 2.62. The first-order chi connectivity index (χ1) is 6.65. The van der Waals surface area contributed by atoms with E-state index in [2.05, 4.69) is 14.9 Å². The van der Waals surface area contributed by atoms with Crippen molar-refractivity contribution in [3.63, 3.8) is 0 Å². The van der Waals surface area contributed by atoms with Gasteiger partial charge in [-0.15, -0.1) is 0 Å². The molecule has 0 aliphatic heterocycles. The molecule has 1 aromatic rings. The zero-order valence-corrected chi connectivity index (χ0v) is 8.63. The normalized spacial score (nSPS) is 10.1. The summed E-state index contributed by atoms with van der Waals surface area (Å²) in [5.41, 5.74) is 4.82. The van der Waals surface area contributed by atoms with Gasteiger partial charge in [-0.25, -0.2) is 4.79 Å². The summed E-state index contributed by atoms with van der Waals surface area (Å²) in [6.07, 6.45) is -0.0120. The molecule has 1 aromatic heterocycles. The van der Waals surface area contributed by atoms with Crippen LogP contribution in [0, 0.1) is 4.77 Å². The summed E-state index contributed by atoms with van der Waals surface area (Å²) in [6.45, 7) is 2.65. The first-order valence-corrected chi connectivity index (χ1v) is 4.62. The number of rotatable bonds is 4. The fraction of sp³-hybridized carbons (Fsp3) is 0.571. The van der Waals surface area contributed by atoms with E-state index in [1.54, 1.807) is 4.57 Å². The van der Waals surface area contributed by atoms with Crippen molar-refractivity contribution in [2.75, 3.05) is 6.61 Å². The topological polar surface area (TPSA) is 85.9 Å². The lowest BCUT2D eigenvalue weighted by Gasteiger charge is -2.04. The number of nitrogens with one attached hydrogen (secondary N) is 1. The number of H-pyrrole nitrogens is 1. The number of nitrogens with zero attached hydrogens (tertiary/aromatic N) is 2. The number of hydrogen-bond acceptors (Lipinski definition) is 4. The highest BCUT2D eigenvalue weighted by Gasteiger charge is 2.03. The van der Waals surface area contributed by atoms with Crippen LogP contribution >= 0.6 is 12.2 Å². The van der Waals surface area contributed by atoms with Crippen molar-refractivity contribution in [1.29, 1.82) is 0 Å². The van der Waals surface area contributed by atoms with Gasteiger partial charge in [0.05, 0.1) is 6.54 Å². The molecule has 0 fully saturated rings. The number of hydrogen-bond donors (Lipinski definition) is 2. The molecule has 0 aliphatic carbocycles. The highest BCUT2D eigenvalue weighted by atomic mass is 32.1. The summed E-state index contributed by atoms with van der Waals surface area (Å²) in [5, 5.41) is 6.68. The number of ether oxygens (including phenoxy) is 1. The van der Waals surface area contributed by atoms with Gasteiger partial charge in [0.15, 0.2) is 4.77 Å². The third kappa shape index (κ3) is 2.56. The summed E-state index contributed by atoms with van der Waals surface area (Å²) in [7, 11) is 0. The molecule has 0 spiro atoms. The molecule has 0 saturated heterocycles. The Balaban J connectivity index is 2.61. The largest absolute Gasteiger partial charge is 0.448 e. The third-order valence-corrected chi connectivity index (χ3v) is 2.02. The molecule has 0 unspecified atom stereocenters. The van der Waals surface area contributed by atoms with Crippen molar-refractivity contribution in [2.24, 2.45) is 5.73 Å². The van der Waals surface area contributed by atoms with Crippen LogP contribution in [0.15, 0.2) is 0 Å². The Morgan fingerprint density at radius 2 is 2.50 bits per heavy atom. The summed E-state index contributed by atoms with van der Waals surface area (Å²) in [5.74, 6) is 0.836. The summed E-state index contributed by atoms with van der Waals surface area (Å²) in [4.78, 5) is 10.3. The molecule has 1 amide bonds. The third-order valence-electron chi connectivity index (χ3n) is 1.71. The van der Waals surface area contributed by atoms with E-state index < -0.39 is 6.09 Å². The van der Waals surface area contributed by atoms with Crippen LogP contribution in [0.5, 0.6) is 0 Å². The molecule has 0 aliphatic rings. The number of nitrogens with two attached hydrogens (primary N) is 1. The summed E-state index contributed by atoms with van der Waals surface area (Å²) >= 11 is 4.99. The number of carbonyl (C=O) groups is 1. The first-order valence-electron chi connectivity index (χ1n) is 4.21. The number of primary amides is 1. The molecule has 3 N–H and O–H groups in total. The number of aryl methyl sites for hydroxylation is 1. The Bertz CT molecular complexity index is 370. The van der Waals surface area contributed by atoms with Crippen molar-refractivity contribution in [1.82, 2.24) is 14.8 Å². The lowest BCUT2D eigenvalue weighted by molar-refractivity contribution is 0.152. The minimum atomic E-state index is -0.780. The predicted molar refractivity (Wildman–Crippen MR) is 52.3 cm³/mol. The SMILES string of the molecule is CCc1n[nH]c(=S)n1CCOC(N)=O. The second-order valence-corrected chi connectivity index (χ2v) is 3.00. The van der Waals surface area contributed by atoms with Crippen LogP contribution in [0.25, 0.3) is 0 Å². The molecule has 78 valence electrons. The van der Waals surface area contributed by atoms with Gasteiger partial charge in [-0.3, -0.25) is 5.10 Å². The number of carbonyl (C=O) groups excluding carboxylic acids is 1. The van der Waals surface area contributed by atoms with E-state index in [0.717, 1.165) is 12.2 Å². The summed E-state index contributed by atoms with van der Waals surface area (Å²) < 4.78 is 6.90. The Kier molecular flexibility index (Phi) is 3.63. The van der Waals surface area contributed by atoms with Crippen molar-refractivity contribution >= 4 is 18.3 Å². The maximum atomic E-state index is 10.3. The van der Waals surface area contributed by atoms with Gasteiger partial charge in [0.25, 0.3) is 0 Å². The van der Waals surface area contributed by atoms with E-state index in [1.165, 1.54) is 0 Å². The molecule has 0 aromatic carbocycles. The molecule has 1 rings (SSSR count). The lowest BCUT2D eigenvalue weighted by Crippen LogP contribution is -2.17. The molecular formula is C7H12N4O2S. The van der Waals surface area contributed by atoms with Crippen LogP contribution in [-0.2, 0) is 17.7 Å². The first kappa shape index (κ1) is 10.7. The van der Waals surface area contributed by atoms with E-state index in [4.69, 9.17) is 18.0 Å². The predicted octanol–water partition coefficient (Wildman–Crippen LogP) is 0.598. The van der Waals surface area contributed by atoms with Crippen LogP contribution in [0.2, 0.25) is 0 Å². The van der Waals surface area contributed by atoms with Crippen LogP contribution in [0.3, 0.4) is 0 Å². The number of aromatic amines is 1. The van der Waals surface area contributed by atoms with Crippen LogP contribution < -0.4 is 5.73 Å². The standard InChI is InChI=1S/C7H12N4O2S/c1-2-5-9-10-7(14)11(5)3-4-13-6(8)12/h2-4H2,1H3,(H2,8,12)(H,10,14). The van der Waals surface area contributed by atoms with E-state index in [9.17, 15) is 4.79 Å². The van der Waals surface area contributed by atoms with Crippen molar-refractivity contribution < 1.29 is 9.53 Å². The molecular weight excluding hydrogens is 204 g/mol. The molecule has 0 saturated carbocycles. The van der Waals surface area contributed by atoms with Gasteiger partial charge in [-0.1, -0.05) is 6.92 Å². The fourth-order valence-corrected chi connectivity index (χ4v) is 1.33. The van der Waals surface area contributed by atoms with Gasteiger partial charge in [0.2, 0.25) is 0 Å². The average Bonchev–Trinajstić information content (AvgIpc) is 2.47.